The molecular formula is C9H12N2O2S. The van der Waals surface area contributed by atoms with Crippen molar-refractivity contribution in [3.8, 4) is 0 Å². The van der Waals surface area contributed by atoms with Crippen molar-refractivity contribution >= 4 is 22.0 Å². The molecule has 0 bridgehead atoms. The quantitative estimate of drug-likeness (QED) is 0.619. The molecule has 76 valence electrons. The minimum Gasteiger partial charge on any atom is -0.376 e. The van der Waals surface area contributed by atoms with Crippen LogP contribution >= 0.6 is 11.3 Å². The maximum atomic E-state index is 10.6. The summed E-state index contributed by atoms with van der Waals surface area (Å²) >= 11 is 1.17. The first-order chi connectivity index (χ1) is 6.68. The summed E-state index contributed by atoms with van der Waals surface area (Å²) in [6.45, 7) is 2.17. The van der Waals surface area contributed by atoms with E-state index in [1.807, 2.05) is 0 Å². The molecule has 0 saturated heterocycles. The normalized spacial score (nSPS) is 25.5. The van der Waals surface area contributed by atoms with Gasteiger partial charge in [-0.25, -0.2) is 0 Å². The predicted octanol–water partition coefficient (Wildman–Crippen LogP) is 2.87. The van der Waals surface area contributed by atoms with Crippen LogP contribution in [0.5, 0.6) is 0 Å². The first-order valence-electron chi connectivity index (χ1n) is 4.67. The summed E-state index contributed by atoms with van der Waals surface area (Å²) in [5.74, 6) is 0.634. The number of hydrogen-bond acceptors (Lipinski definition) is 4. The molecule has 1 aliphatic carbocycles. The minimum absolute atomic E-state index is 0.226. The van der Waals surface area contributed by atoms with E-state index in [1.54, 1.807) is 11.4 Å². The standard InChI is InChI=1S/C9H12N2O2S/c1-6-2-3-7(6)10-8-4-5-14-9(8)11(12)13/h4-7,10H,2-3H2,1H3. The molecule has 2 atom stereocenters. The average Bonchev–Trinajstić information content (AvgIpc) is 2.59. The highest BCUT2D eigenvalue weighted by Gasteiger charge is 2.28. The van der Waals surface area contributed by atoms with Crippen LogP contribution in [0.1, 0.15) is 19.8 Å². The number of thiophene rings is 1. The van der Waals surface area contributed by atoms with Crippen molar-refractivity contribution in [1.82, 2.24) is 0 Å². The summed E-state index contributed by atoms with van der Waals surface area (Å²) in [7, 11) is 0. The maximum absolute atomic E-state index is 10.6. The van der Waals surface area contributed by atoms with Crippen molar-refractivity contribution in [2.24, 2.45) is 5.92 Å². The van der Waals surface area contributed by atoms with E-state index in [-0.39, 0.29) is 9.92 Å². The number of hydrogen-bond donors (Lipinski definition) is 1. The fraction of sp³-hybridized carbons (Fsp3) is 0.556. The molecule has 1 aliphatic rings. The molecule has 2 rings (SSSR count). The number of nitro groups is 1. The second-order valence-electron chi connectivity index (χ2n) is 3.70. The van der Waals surface area contributed by atoms with E-state index in [1.165, 1.54) is 17.8 Å². The molecule has 5 heteroatoms. The lowest BCUT2D eigenvalue weighted by atomic mass is 9.81. The lowest BCUT2D eigenvalue weighted by molar-refractivity contribution is -0.379. The number of nitrogens with one attached hydrogen (secondary N) is 1. The minimum atomic E-state index is -0.323. The van der Waals surface area contributed by atoms with Gasteiger partial charge in [-0.2, -0.15) is 0 Å². The van der Waals surface area contributed by atoms with Gasteiger partial charge in [-0.3, -0.25) is 10.1 Å². The summed E-state index contributed by atoms with van der Waals surface area (Å²) in [4.78, 5) is 10.3. The Morgan fingerprint density at radius 1 is 1.64 bits per heavy atom. The summed E-state index contributed by atoms with van der Waals surface area (Å²) in [5.41, 5.74) is 0.677. The molecule has 1 saturated carbocycles. The van der Waals surface area contributed by atoms with Crippen molar-refractivity contribution in [1.29, 1.82) is 0 Å². The lowest BCUT2D eigenvalue weighted by Gasteiger charge is -2.34. The molecule has 1 aromatic heterocycles. The molecule has 0 radical (unpaired) electrons. The highest BCUT2D eigenvalue weighted by Crippen LogP contribution is 2.35. The Morgan fingerprint density at radius 2 is 2.43 bits per heavy atom. The fourth-order valence-corrected chi connectivity index (χ4v) is 2.31. The van der Waals surface area contributed by atoms with Crippen molar-refractivity contribution in [2.75, 3.05) is 5.32 Å². The van der Waals surface area contributed by atoms with Gasteiger partial charge in [-0.05, 0) is 30.2 Å². The molecule has 0 aliphatic heterocycles. The van der Waals surface area contributed by atoms with Crippen LogP contribution in [0, 0.1) is 16.0 Å². The van der Waals surface area contributed by atoms with Gasteiger partial charge >= 0.3 is 5.00 Å². The van der Waals surface area contributed by atoms with Crippen molar-refractivity contribution in [3.63, 3.8) is 0 Å². The summed E-state index contributed by atoms with van der Waals surface area (Å²) in [5, 5.41) is 15.8. The van der Waals surface area contributed by atoms with Gasteiger partial charge in [-0.15, -0.1) is 0 Å². The van der Waals surface area contributed by atoms with Crippen LogP contribution in [0.4, 0.5) is 10.7 Å². The van der Waals surface area contributed by atoms with Gasteiger partial charge in [0.05, 0.1) is 4.92 Å². The van der Waals surface area contributed by atoms with Crippen molar-refractivity contribution < 1.29 is 4.92 Å². The van der Waals surface area contributed by atoms with Gasteiger partial charge in [-0.1, -0.05) is 18.3 Å². The van der Waals surface area contributed by atoms with E-state index in [9.17, 15) is 10.1 Å². The first-order valence-corrected chi connectivity index (χ1v) is 5.55. The molecule has 1 aromatic rings. The molecular weight excluding hydrogens is 200 g/mol. The van der Waals surface area contributed by atoms with E-state index in [2.05, 4.69) is 12.2 Å². The molecule has 0 aromatic carbocycles. The second kappa shape index (κ2) is 3.57. The van der Waals surface area contributed by atoms with E-state index in [4.69, 9.17) is 0 Å². The van der Waals surface area contributed by atoms with Crippen LogP contribution in [0.15, 0.2) is 11.4 Å². The number of anilines is 1. The van der Waals surface area contributed by atoms with Crippen LogP contribution in [-0.2, 0) is 0 Å². The van der Waals surface area contributed by atoms with Gasteiger partial charge < -0.3 is 5.32 Å². The first kappa shape index (κ1) is 9.45. The molecule has 4 nitrogen and oxygen atoms in total. The van der Waals surface area contributed by atoms with E-state index >= 15 is 0 Å². The number of rotatable bonds is 3. The van der Waals surface area contributed by atoms with Crippen LogP contribution in [0.3, 0.4) is 0 Å². The Hall–Kier alpha value is -1.10. The zero-order chi connectivity index (χ0) is 10.1. The molecule has 1 fully saturated rings. The van der Waals surface area contributed by atoms with Crippen molar-refractivity contribution in [3.05, 3.63) is 21.6 Å². The Balaban J connectivity index is 2.08. The summed E-state index contributed by atoms with van der Waals surface area (Å²) < 4.78 is 0. The largest absolute Gasteiger partial charge is 0.376 e. The molecule has 2 unspecified atom stereocenters. The third-order valence-corrected chi connectivity index (χ3v) is 3.64. The Labute approximate surface area is 86.1 Å². The van der Waals surface area contributed by atoms with Gasteiger partial charge in [0, 0.05) is 6.04 Å². The van der Waals surface area contributed by atoms with Gasteiger partial charge in [0.2, 0.25) is 0 Å². The Morgan fingerprint density at radius 3 is 2.93 bits per heavy atom. The molecule has 1 heterocycles. The van der Waals surface area contributed by atoms with Crippen LogP contribution < -0.4 is 5.32 Å². The monoisotopic (exact) mass is 212 g/mol. The second-order valence-corrected chi connectivity index (χ2v) is 4.60. The smallest absolute Gasteiger partial charge is 0.347 e. The van der Waals surface area contributed by atoms with Crippen LogP contribution in [-0.4, -0.2) is 11.0 Å². The SMILES string of the molecule is CC1CCC1Nc1ccsc1[N+](=O)[O-]. The highest BCUT2D eigenvalue weighted by atomic mass is 32.1. The Kier molecular flexibility index (Phi) is 2.41. The third-order valence-electron chi connectivity index (χ3n) is 2.77. The maximum Gasteiger partial charge on any atom is 0.347 e. The van der Waals surface area contributed by atoms with Gasteiger partial charge in [0.15, 0.2) is 0 Å². The van der Waals surface area contributed by atoms with Gasteiger partial charge in [0.25, 0.3) is 0 Å². The Bertz CT molecular complexity index is 350. The summed E-state index contributed by atoms with van der Waals surface area (Å²) in [6, 6.07) is 2.21. The zero-order valence-electron chi connectivity index (χ0n) is 7.90. The van der Waals surface area contributed by atoms with E-state index in [0.717, 1.165) is 6.42 Å². The summed E-state index contributed by atoms with van der Waals surface area (Å²) in [6.07, 6.45) is 2.34. The van der Waals surface area contributed by atoms with E-state index in [0.29, 0.717) is 17.6 Å². The van der Waals surface area contributed by atoms with Crippen LogP contribution in [0.2, 0.25) is 0 Å². The molecule has 0 spiro atoms. The average molecular weight is 212 g/mol. The highest BCUT2D eigenvalue weighted by molar-refractivity contribution is 7.14. The van der Waals surface area contributed by atoms with E-state index < -0.39 is 0 Å². The topological polar surface area (TPSA) is 55.2 Å². The van der Waals surface area contributed by atoms with Gasteiger partial charge in [0.1, 0.15) is 5.69 Å². The van der Waals surface area contributed by atoms with Crippen molar-refractivity contribution in [2.45, 2.75) is 25.8 Å². The molecule has 1 N–H and O–H groups in total. The predicted molar refractivity (Wildman–Crippen MR) is 56.8 cm³/mol. The lowest BCUT2D eigenvalue weighted by Crippen LogP contribution is -2.36. The zero-order valence-corrected chi connectivity index (χ0v) is 8.71. The van der Waals surface area contributed by atoms with Crippen LogP contribution in [0.25, 0.3) is 0 Å². The molecule has 0 amide bonds. The third kappa shape index (κ3) is 1.59. The molecule has 14 heavy (non-hydrogen) atoms. The fourth-order valence-electron chi connectivity index (χ4n) is 1.63. The number of nitrogens with zero attached hydrogens (tertiary/aromatic N) is 1.